The third-order valence-electron chi connectivity index (χ3n) is 2.39. The predicted octanol–water partition coefficient (Wildman–Crippen LogP) is 2.76. The van der Waals surface area contributed by atoms with Gasteiger partial charge in [0.1, 0.15) is 12.2 Å². The molecule has 0 aromatic rings. The summed E-state index contributed by atoms with van der Waals surface area (Å²) in [5.41, 5.74) is -1.37. The van der Waals surface area contributed by atoms with Crippen LogP contribution in [0.2, 0.25) is 0 Å². The lowest BCUT2D eigenvalue weighted by Crippen LogP contribution is -2.41. The van der Waals surface area contributed by atoms with E-state index >= 15 is 0 Å². The standard InChI is InChI=1S/C11H18ClNO4/c1-11(2,3)17-10(15)13-6-4-5-8(13)7-16-9(12)14/h8H,4-7H2,1-3H3/t8-/m0/s1. The molecule has 0 N–H and O–H groups in total. The van der Waals surface area contributed by atoms with Gasteiger partial charge in [-0.1, -0.05) is 0 Å². The van der Waals surface area contributed by atoms with Gasteiger partial charge in [0.15, 0.2) is 0 Å². The van der Waals surface area contributed by atoms with E-state index in [9.17, 15) is 9.59 Å². The summed E-state index contributed by atoms with van der Waals surface area (Å²) in [6.07, 6.45) is 1.30. The van der Waals surface area contributed by atoms with E-state index < -0.39 is 11.0 Å². The lowest BCUT2D eigenvalue weighted by molar-refractivity contribution is 0.0169. The summed E-state index contributed by atoms with van der Waals surface area (Å²) in [6.45, 7) is 6.19. The zero-order chi connectivity index (χ0) is 13.1. The Morgan fingerprint density at radius 2 is 2.06 bits per heavy atom. The van der Waals surface area contributed by atoms with E-state index in [0.29, 0.717) is 6.54 Å². The van der Waals surface area contributed by atoms with Crippen molar-refractivity contribution < 1.29 is 19.1 Å². The summed E-state index contributed by atoms with van der Waals surface area (Å²) in [7, 11) is 0. The second-order valence-electron chi connectivity index (χ2n) is 5.02. The molecule has 0 saturated carbocycles. The molecule has 1 aliphatic rings. The highest BCUT2D eigenvalue weighted by atomic mass is 35.5. The first-order chi connectivity index (χ1) is 7.79. The minimum atomic E-state index is -0.846. The minimum Gasteiger partial charge on any atom is -0.451 e. The smallest absolute Gasteiger partial charge is 0.410 e. The number of halogens is 1. The van der Waals surface area contributed by atoms with Crippen LogP contribution in [-0.4, -0.2) is 41.2 Å². The fraction of sp³-hybridized carbons (Fsp3) is 0.818. The van der Waals surface area contributed by atoms with Gasteiger partial charge in [-0.2, -0.15) is 0 Å². The van der Waals surface area contributed by atoms with Gasteiger partial charge in [0.25, 0.3) is 0 Å². The topological polar surface area (TPSA) is 55.8 Å². The molecule has 1 rings (SSSR count). The summed E-state index contributed by atoms with van der Waals surface area (Å²) < 4.78 is 9.99. The third kappa shape index (κ3) is 4.81. The lowest BCUT2D eigenvalue weighted by atomic mass is 10.2. The molecule has 5 nitrogen and oxygen atoms in total. The van der Waals surface area contributed by atoms with Gasteiger partial charge >= 0.3 is 11.5 Å². The van der Waals surface area contributed by atoms with Crippen molar-refractivity contribution in [3.05, 3.63) is 0 Å². The summed E-state index contributed by atoms with van der Waals surface area (Å²) in [5.74, 6) is 0. The van der Waals surface area contributed by atoms with Crippen molar-refractivity contribution in [3.8, 4) is 0 Å². The number of likely N-dealkylation sites (tertiary alicyclic amines) is 1. The maximum absolute atomic E-state index is 11.8. The normalized spacial score (nSPS) is 20.2. The molecule has 98 valence electrons. The minimum absolute atomic E-state index is 0.127. The van der Waals surface area contributed by atoms with Gasteiger partial charge in [-0.05, 0) is 33.6 Å². The van der Waals surface area contributed by atoms with Gasteiger partial charge in [0, 0.05) is 18.1 Å². The summed E-state index contributed by atoms with van der Waals surface area (Å²) in [6, 6.07) is -0.132. The van der Waals surface area contributed by atoms with Crippen LogP contribution in [0.5, 0.6) is 0 Å². The zero-order valence-corrected chi connectivity index (χ0v) is 11.1. The van der Waals surface area contributed by atoms with Crippen molar-refractivity contribution in [2.75, 3.05) is 13.2 Å². The molecule has 1 saturated heterocycles. The fourth-order valence-electron chi connectivity index (χ4n) is 1.73. The van der Waals surface area contributed by atoms with Gasteiger partial charge in [0.05, 0.1) is 6.04 Å². The Labute approximate surface area is 106 Å². The highest BCUT2D eigenvalue weighted by Gasteiger charge is 2.32. The maximum Gasteiger partial charge on any atom is 0.410 e. The lowest BCUT2D eigenvalue weighted by Gasteiger charge is -2.28. The number of nitrogens with zero attached hydrogens (tertiary/aromatic N) is 1. The van der Waals surface area contributed by atoms with E-state index in [-0.39, 0.29) is 18.7 Å². The van der Waals surface area contributed by atoms with Crippen LogP contribution in [-0.2, 0) is 9.47 Å². The number of carbonyl (C=O) groups is 2. The van der Waals surface area contributed by atoms with Crippen molar-refractivity contribution in [2.45, 2.75) is 45.3 Å². The quantitative estimate of drug-likeness (QED) is 0.719. The van der Waals surface area contributed by atoms with Crippen LogP contribution in [0, 0.1) is 0 Å². The predicted molar refractivity (Wildman–Crippen MR) is 63.2 cm³/mol. The van der Waals surface area contributed by atoms with Gasteiger partial charge in [-0.25, -0.2) is 9.59 Å². The average Bonchev–Trinajstić information content (AvgIpc) is 2.59. The molecule has 0 bridgehead atoms. The van der Waals surface area contributed by atoms with E-state index in [1.165, 1.54) is 0 Å². The summed E-state index contributed by atoms with van der Waals surface area (Å²) >= 11 is 5.09. The molecule has 0 radical (unpaired) electrons. The highest BCUT2D eigenvalue weighted by Crippen LogP contribution is 2.21. The number of rotatable bonds is 2. The van der Waals surface area contributed by atoms with Crippen molar-refractivity contribution in [2.24, 2.45) is 0 Å². The first kappa shape index (κ1) is 14.1. The van der Waals surface area contributed by atoms with E-state index in [0.717, 1.165) is 12.8 Å². The second kappa shape index (κ2) is 5.58. The van der Waals surface area contributed by atoms with Crippen molar-refractivity contribution in [1.82, 2.24) is 4.90 Å². The molecular weight excluding hydrogens is 246 g/mol. The zero-order valence-electron chi connectivity index (χ0n) is 10.4. The highest BCUT2D eigenvalue weighted by molar-refractivity contribution is 6.61. The fourth-order valence-corrected chi connectivity index (χ4v) is 1.79. The number of hydrogen-bond donors (Lipinski definition) is 0. The number of amides is 1. The molecule has 0 aromatic carbocycles. The van der Waals surface area contributed by atoms with Crippen LogP contribution >= 0.6 is 11.6 Å². The van der Waals surface area contributed by atoms with E-state index in [1.54, 1.807) is 4.90 Å². The van der Waals surface area contributed by atoms with Crippen LogP contribution in [0.3, 0.4) is 0 Å². The van der Waals surface area contributed by atoms with Gasteiger partial charge in [-0.15, -0.1) is 0 Å². The van der Waals surface area contributed by atoms with Crippen LogP contribution in [0.15, 0.2) is 0 Å². The maximum atomic E-state index is 11.8. The van der Waals surface area contributed by atoms with E-state index in [4.69, 9.17) is 21.1 Å². The molecular formula is C11H18ClNO4. The molecule has 1 amide bonds. The molecule has 0 aromatic heterocycles. The van der Waals surface area contributed by atoms with Gasteiger partial charge < -0.3 is 14.4 Å². The second-order valence-corrected chi connectivity index (χ2v) is 5.33. The molecule has 0 unspecified atom stereocenters. The Kier molecular flexibility index (Phi) is 4.62. The Balaban J connectivity index is 2.51. The van der Waals surface area contributed by atoms with Crippen molar-refractivity contribution in [3.63, 3.8) is 0 Å². The largest absolute Gasteiger partial charge is 0.451 e. The molecule has 6 heteroatoms. The van der Waals surface area contributed by atoms with Gasteiger partial charge in [0.2, 0.25) is 0 Å². The van der Waals surface area contributed by atoms with Crippen LogP contribution in [0.1, 0.15) is 33.6 Å². The molecule has 0 spiro atoms. The Morgan fingerprint density at radius 1 is 1.41 bits per heavy atom. The number of hydrogen-bond acceptors (Lipinski definition) is 4. The van der Waals surface area contributed by atoms with Crippen LogP contribution in [0.4, 0.5) is 9.59 Å². The molecule has 1 aliphatic heterocycles. The Bertz CT molecular complexity index is 300. The summed E-state index contributed by atoms with van der Waals surface area (Å²) in [4.78, 5) is 23.9. The number of carbonyl (C=O) groups excluding carboxylic acids is 2. The monoisotopic (exact) mass is 263 g/mol. The van der Waals surface area contributed by atoms with Gasteiger partial charge in [-0.3, -0.25) is 0 Å². The van der Waals surface area contributed by atoms with E-state index in [2.05, 4.69) is 0 Å². The third-order valence-corrected chi connectivity index (χ3v) is 2.50. The van der Waals surface area contributed by atoms with Crippen LogP contribution < -0.4 is 0 Å². The molecule has 17 heavy (non-hydrogen) atoms. The molecule has 0 aliphatic carbocycles. The summed E-state index contributed by atoms with van der Waals surface area (Å²) in [5, 5.41) is 0. The van der Waals surface area contributed by atoms with Crippen molar-refractivity contribution in [1.29, 1.82) is 0 Å². The first-order valence-corrected chi connectivity index (χ1v) is 5.99. The Hall–Kier alpha value is -0.970. The first-order valence-electron chi connectivity index (χ1n) is 5.61. The van der Waals surface area contributed by atoms with E-state index in [1.807, 2.05) is 20.8 Å². The SMILES string of the molecule is CC(C)(C)OC(=O)N1CCC[C@H]1COC(=O)Cl. The van der Waals surface area contributed by atoms with Crippen molar-refractivity contribution >= 4 is 23.1 Å². The molecule has 1 heterocycles. The molecule has 1 atom stereocenters. The number of ether oxygens (including phenoxy) is 2. The van der Waals surface area contributed by atoms with Crippen LogP contribution in [0.25, 0.3) is 0 Å². The average molecular weight is 264 g/mol. The molecule has 1 fully saturated rings. The Morgan fingerprint density at radius 3 is 2.59 bits per heavy atom.